The largest absolute Gasteiger partial charge is 0.295 e. The number of nitrogens with zero attached hydrogens (tertiary/aromatic N) is 1. The third-order valence-electron chi connectivity index (χ3n) is 1.78. The van der Waals surface area contributed by atoms with Crippen LogP contribution in [0.15, 0.2) is 24.3 Å². The van der Waals surface area contributed by atoms with Gasteiger partial charge >= 0.3 is 0 Å². The lowest BCUT2D eigenvalue weighted by Crippen LogP contribution is -2.18. The molecule has 0 bridgehead atoms. The fourth-order valence-electron chi connectivity index (χ4n) is 0.903. The normalized spacial score (nSPS) is 12.6. The summed E-state index contributed by atoms with van der Waals surface area (Å²) in [6.07, 6.45) is 1.67. The fraction of sp³-hybridized carbons (Fsp3) is 0.333. The molecule has 2 nitrogen and oxygen atoms in total. The van der Waals surface area contributed by atoms with E-state index < -0.39 is 11.0 Å². The van der Waals surface area contributed by atoms with Crippen LogP contribution < -0.4 is 4.31 Å². The Hall–Kier alpha value is -0.830. The zero-order valence-electron chi connectivity index (χ0n) is 7.57. The average Bonchev–Trinajstić information content (AvgIpc) is 2.04. The highest BCUT2D eigenvalue weighted by molar-refractivity contribution is 7.85. The molecule has 0 N–H and O–H groups in total. The van der Waals surface area contributed by atoms with Crippen LogP contribution in [0.3, 0.4) is 0 Å². The summed E-state index contributed by atoms with van der Waals surface area (Å²) in [7, 11) is 0.886. The second-order valence-corrected chi connectivity index (χ2v) is 4.15. The minimum Gasteiger partial charge on any atom is -0.295 e. The number of hydrogen-bond acceptors (Lipinski definition) is 1. The molecule has 0 saturated heterocycles. The van der Waals surface area contributed by atoms with E-state index >= 15 is 0 Å². The van der Waals surface area contributed by atoms with E-state index in [4.69, 9.17) is 0 Å². The first kappa shape index (κ1) is 9.26. The standard InChI is InChI=1S/C9H13NOS/c1-8-4-6-9(7-5-8)10(2)12(3)11/h4-7H,1-3H3. The lowest BCUT2D eigenvalue weighted by Gasteiger charge is -2.14. The van der Waals surface area contributed by atoms with Crippen LogP contribution in [0.5, 0.6) is 0 Å². The summed E-state index contributed by atoms with van der Waals surface area (Å²) in [4.78, 5) is 0. The van der Waals surface area contributed by atoms with Gasteiger partial charge in [-0.15, -0.1) is 0 Å². The van der Waals surface area contributed by atoms with E-state index in [1.807, 2.05) is 38.2 Å². The van der Waals surface area contributed by atoms with Crippen LogP contribution in [0.1, 0.15) is 5.56 Å². The highest BCUT2D eigenvalue weighted by atomic mass is 32.2. The van der Waals surface area contributed by atoms with Gasteiger partial charge in [0.05, 0.1) is 0 Å². The van der Waals surface area contributed by atoms with Crippen LogP contribution in [-0.2, 0) is 11.0 Å². The molecule has 0 aliphatic heterocycles. The van der Waals surface area contributed by atoms with E-state index in [9.17, 15) is 4.21 Å². The quantitative estimate of drug-likeness (QED) is 0.683. The van der Waals surface area contributed by atoms with Crippen LogP contribution in [-0.4, -0.2) is 17.5 Å². The maximum Gasteiger partial charge on any atom is 0.116 e. The lowest BCUT2D eigenvalue weighted by molar-refractivity contribution is 0.685. The molecule has 0 saturated carbocycles. The van der Waals surface area contributed by atoms with E-state index in [-0.39, 0.29) is 0 Å². The monoisotopic (exact) mass is 183 g/mol. The van der Waals surface area contributed by atoms with Gasteiger partial charge in [-0.1, -0.05) is 17.7 Å². The molecule has 1 aromatic rings. The SMILES string of the molecule is Cc1ccc(N(C)S(C)=O)cc1. The summed E-state index contributed by atoms with van der Waals surface area (Å²) in [6.45, 7) is 2.03. The number of rotatable bonds is 2. The van der Waals surface area contributed by atoms with Gasteiger partial charge in [0.25, 0.3) is 0 Å². The molecule has 0 amide bonds. The second-order valence-electron chi connectivity index (χ2n) is 2.76. The predicted octanol–water partition coefficient (Wildman–Crippen LogP) is 1.72. The van der Waals surface area contributed by atoms with Crippen LogP contribution in [0.25, 0.3) is 0 Å². The van der Waals surface area contributed by atoms with Crippen molar-refractivity contribution in [3.05, 3.63) is 29.8 Å². The molecule has 1 rings (SSSR count). The smallest absolute Gasteiger partial charge is 0.116 e. The van der Waals surface area contributed by atoms with Crippen molar-refractivity contribution in [2.75, 3.05) is 17.6 Å². The highest BCUT2D eigenvalue weighted by Crippen LogP contribution is 2.13. The number of benzene rings is 1. The van der Waals surface area contributed by atoms with Crippen molar-refractivity contribution in [1.29, 1.82) is 0 Å². The van der Waals surface area contributed by atoms with Gasteiger partial charge in [0, 0.05) is 19.0 Å². The summed E-state index contributed by atoms with van der Waals surface area (Å²) in [5.41, 5.74) is 2.20. The Kier molecular flexibility index (Phi) is 2.87. The summed E-state index contributed by atoms with van der Waals surface area (Å²) in [6, 6.07) is 7.96. The van der Waals surface area contributed by atoms with Crippen LogP contribution >= 0.6 is 0 Å². The Balaban J connectivity index is 2.89. The minimum atomic E-state index is -0.935. The van der Waals surface area contributed by atoms with Gasteiger partial charge in [-0.25, -0.2) is 4.21 Å². The second kappa shape index (κ2) is 3.72. The molecule has 0 aromatic heterocycles. The molecule has 66 valence electrons. The molecule has 12 heavy (non-hydrogen) atoms. The van der Waals surface area contributed by atoms with Crippen molar-refractivity contribution >= 4 is 16.7 Å². The first-order valence-corrected chi connectivity index (χ1v) is 5.26. The summed E-state index contributed by atoms with van der Waals surface area (Å²) in [5.74, 6) is 0. The summed E-state index contributed by atoms with van der Waals surface area (Å²) < 4.78 is 12.8. The van der Waals surface area contributed by atoms with Crippen molar-refractivity contribution in [1.82, 2.24) is 0 Å². The van der Waals surface area contributed by atoms with Crippen molar-refractivity contribution in [3.63, 3.8) is 0 Å². The Morgan fingerprint density at radius 3 is 2.17 bits per heavy atom. The first-order valence-electron chi connectivity index (χ1n) is 3.75. The predicted molar refractivity (Wildman–Crippen MR) is 53.6 cm³/mol. The minimum absolute atomic E-state index is 0.935. The van der Waals surface area contributed by atoms with Crippen molar-refractivity contribution in [3.8, 4) is 0 Å². The molecule has 3 heteroatoms. The molecule has 0 spiro atoms. The third kappa shape index (κ3) is 2.08. The molecule has 1 unspecified atom stereocenters. The highest BCUT2D eigenvalue weighted by Gasteiger charge is 2.01. The molecular weight excluding hydrogens is 170 g/mol. The number of anilines is 1. The Bertz CT molecular complexity index is 281. The van der Waals surface area contributed by atoms with Gasteiger partial charge in [0.1, 0.15) is 11.0 Å². The molecule has 1 aromatic carbocycles. The van der Waals surface area contributed by atoms with Crippen molar-refractivity contribution in [2.45, 2.75) is 6.92 Å². The number of hydrogen-bond donors (Lipinski definition) is 0. The molecule has 0 radical (unpaired) electrons. The Morgan fingerprint density at radius 2 is 1.75 bits per heavy atom. The van der Waals surface area contributed by atoms with Crippen molar-refractivity contribution < 1.29 is 4.21 Å². The van der Waals surface area contributed by atoms with Gasteiger partial charge in [-0.3, -0.25) is 4.31 Å². The van der Waals surface area contributed by atoms with Gasteiger partial charge in [0.15, 0.2) is 0 Å². The Labute approximate surface area is 75.8 Å². The number of aryl methyl sites for hydroxylation is 1. The maximum atomic E-state index is 11.1. The van der Waals surface area contributed by atoms with Gasteiger partial charge < -0.3 is 0 Å². The lowest BCUT2D eigenvalue weighted by atomic mass is 10.2. The van der Waals surface area contributed by atoms with Crippen LogP contribution in [0.2, 0.25) is 0 Å². The molecule has 0 fully saturated rings. The molecule has 0 aliphatic carbocycles. The van der Waals surface area contributed by atoms with E-state index in [0.717, 1.165) is 5.69 Å². The van der Waals surface area contributed by atoms with Crippen LogP contribution in [0, 0.1) is 6.92 Å². The summed E-state index contributed by atoms with van der Waals surface area (Å²) >= 11 is 0. The fourth-order valence-corrected chi connectivity index (χ4v) is 1.32. The zero-order valence-corrected chi connectivity index (χ0v) is 8.39. The maximum absolute atomic E-state index is 11.1. The molecule has 0 aliphatic rings. The van der Waals surface area contributed by atoms with E-state index in [0.29, 0.717) is 0 Å². The Morgan fingerprint density at radius 1 is 1.25 bits per heavy atom. The molecule has 1 atom stereocenters. The molecule has 0 heterocycles. The zero-order chi connectivity index (χ0) is 9.14. The van der Waals surface area contributed by atoms with Gasteiger partial charge in [-0.2, -0.15) is 0 Å². The van der Waals surface area contributed by atoms with E-state index in [1.54, 1.807) is 10.6 Å². The van der Waals surface area contributed by atoms with Crippen LogP contribution in [0.4, 0.5) is 5.69 Å². The van der Waals surface area contributed by atoms with Crippen molar-refractivity contribution in [2.24, 2.45) is 0 Å². The topological polar surface area (TPSA) is 20.3 Å². The first-order chi connectivity index (χ1) is 5.61. The average molecular weight is 183 g/mol. The molecular formula is C9H13NOS. The van der Waals surface area contributed by atoms with E-state index in [1.165, 1.54) is 5.56 Å². The third-order valence-corrected chi connectivity index (χ3v) is 2.77. The van der Waals surface area contributed by atoms with E-state index in [2.05, 4.69) is 0 Å². The summed E-state index contributed by atoms with van der Waals surface area (Å²) in [5, 5.41) is 0. The van der Waals surface area contributed by atoms with Gasteiger partial charge in [-0.05, 0) is 19.1 Å². The van der Waals surface area contributed by atoms with Gasteiger partial charge in [0.2, 0.25) is 0 Å².